The van der Waals surface area contributed by atoms with Crippen LogP contribution >= 0.6 is 0 Å². The Hall–Kier alpha value is -1.84. The largest absolute Gasteiger partial charge is 0.366 e. The van der Waals surface area contributed by atoms with Crippen molar-refractivity contribution < 1.29 is 22.0 Å². The zero-order valence-corrected chi connectivity index (χ0v) is 9.41. The van der Waals surface area contributed by atoms with Crippen molar-refractivity contribution in [2.24, 2.45) is 0 Å². The van der Waals surface area contributed by atoms with Crippen molar-refractivity contribution in [2.75, 3.05) is 18.0 Å². The van der Waals surface area contributed by atoms with E-state index in [1.807, 2.05) is 0 Å². The van der Waals surface area contributed by atoms with Crippen LogP contribution < -0.4 is 4.90 Å². The van der Waals surface area contributed by atoms with E-state index in [9.17, 15) is 22.0 Å². The molecule has 1 aromatic rings. The van der Waals surface area contributed by atoms with Gasteiger partial charge >= 0.3 is 0 Å². The Labute approximate surface area is 100 Å². The highest BCUT2D eigenvalue weighted by Crippen LogP contribution is 2.30. The molecule has 0 amide bonds. The molecule has 0 unspecified atom stereocenters. The van der Waals surface area contributed by atoms with Crippen molar-refractivity contribution in [3.05, 3.63) is 29.1 Å². The summed E-state index contributed by atoms with van der Waals surface area (Å²) in [4.78, 5) is 0.930. The monoisotopic (exact) mass is 264 g/mol. The van der Waals surface area contributed by atoms with Gasteiger partial charge in [-0.05, 0) is 6.92 Å². The fraction of sp³-hybridized carbons (Fsp3) is 0.364. The number of nitriles is 1. The van der Waals surface area contributed by atoms with Crippen LogP contribution in [0.1, 0.15) is 13.3 Å². The predicted molar refractivity (Wildman–Crippen MR) is 54.3 cm³/mol. The molecule has 0 aliphatic rings. The molecule has 1 rings (SSSR count). The first-order valence-corrected chi connectivity index (χ1v) is 5.09. The Bertz CT molecular complexity index is 466. The molecule has 0 atom stereocenters. The minimum absolute atomic E-state index is 0.0139. The first-order valence-electron chi connectivity index (χ1n) is 5.09. The zero-order chi connectivity index (χ0) is 13.9. The average Bonchev–Trinajstić information content (AvgIpc) is 2.38. The number of hydrogen-bond donors (Lipinski definition) is 0. The molecule has 0 aromatic heterocycles. The van der Waals surface area contributed by atoms with Gasteiger partial charge in [-0.25, -0.2) is 22.0 Å². The van der Waals surface area contributed by atoms with Crippen LogP contribution in [0.25, 0.3) is 0 Å². The van der Waals surface area contributed by atoms with Gasteiger partial charge in [0.05, 0.1) is 12.5 Å². The van der Waals surface area contributed by atoms with Gasteiger partial charge in [0.15, 0.2) is 23.3 Å². The quantitative estimate of drug-likeness (QED) is 0.474. The number of rotatable bonds is 4. The molecule has 1 aromatic carbocycles. The third kappa shape index (κ3) is 2.37. The smallest absolute Gasteiger partial charge is 0.200 e. The lowest BCUT2D eigenvalue weighted by Gasteiger charge is -2.23. The van der Waals surface area contributed by atoms with Gasteiger partial charge in [-0.3, -0.25) is 0 Å². The van der Waals surface area contributed by atoms with Gasteiger partial charge in [-0.1, -0.05) is 0 Å². The van der Waals surface area contributed by atoms with E-state index in [1.165, 1.54) is 6.92 Å². The standard InChI is InChI=1S/C11H9F5N2/c1-2-18(5-3-4-17)11-9(15)7(13)6(12)8(14)10(11)16/h2-3,5H2,1H3. The predicted octanol–water partition coefficient (Wildman–Crippen LogP) is 3.12. The van der Waals surface area contributed by atoms with Gasteiger partial charge in [0, 0.05) is 13.1 Å². The summed E-state index contributed by atoms with van der Waals surface area (Å²) >= 11 is 0. The van der Waals surface area contributed by atoms with Crippen LogP contribution in [0.15, 0.2) is 0 Å². The molecule has 0 radical (unpaired) electrons. The second kappa shape index (κ2) is 5.67. The lowest BCUT2D eigenvalue weighted by atomic mass is 10.2. The molecule has 0 fully saturated rings. The van der Waals surface area contributed by atoms with Crippen molar-refractivity contribution in [3.8, 4) is 6.07 Å². The molecule has 2 nitrogen and oxygen atoms in total. The Morgan fingerprint density at radius 3 is 1.78 bits per heavy atom. The van der Waals surface area contributed by atoms with Gasteiger partial charge in [0.2, 0.25) is 5.82 Å². The third-order valence-electron chi connectivity index (χ3n) is 2.38. The van der Waals surface area contributed by atoms with Crippen molar-refractivity contribution in [2.45, 2.75) is 13.3 Å². The normalized spacial score (nSPS) is 10.3. The molecule has 0 saturated carbocycles. The molecular weight excluding hydrogens is 255 g/mol. The van der Waals surface area contributed by atoms with Crippen LogP contribution in [-0.2, 0) is 0 Å². The summed E-state index contributed by atoms with van der Waals surface area (Å²) in [6, 6.07) is 1.73. The van der Waals surface area contributed by atoms with Gasteiger partial charge in [0.25, 0.3) is 0 Å². The van der Waals surface area contributed by atoms with Crippen LogP contribution in [0.3, 0.4) is 0 Å². The number of nitrogens with zero attached hydrogens (tertiary/aromatic N) is 2. The van der Waals surface area contributed by atoms with Crippen LogP contribution in [0.2, 0.25) is 0 Å². The summed E-state index contributed by atoms with van der Waals surface area (Å²) in [6.45, 7) is 1.38. The van der Waals surface area contributed by atoms with Crippen molar-refractivity contribution in [3.63, 3.8) is 0 Å². The minimum Gasteiger partial charge on any atom is -0.366 e. The lowest BCUT2D eigenvalue weighted by Crippen LogP contribution is -2.27. The summed E-state index contributed by atoms with van der Waals surface area (Å²) < 4.78 is 65.6. The molecule has 0 spiro atoms. The maximum atomic E-state index is 13.4. The Morgan fingerprint density at radius 2 is 1.39 bits per heavy atom. The van der Waals surface area contributed by atoms with E-state index in [4.69, 9.17) is 5.26 Å². The lowest BCUT2D eigenvalue weighted by molar-refractivity contribution is 0.378. The van der Waals surface area contributed by atoms with Gasteiger partial charge in [-0.15, -0.1) is 0 Å². The van der Waals surface area contributed by atoms with Gasteiger partial charge in [-0.2, -0.15) is 5.26 Å². The maximum Gasteiger partial charge on any atom is 0.200 e. The highest BCUT2D eigenvalue weighted by Gasteiger charge is 2.28. The second-order valence-corrected chi connectivity index (χ2v) is 3.41. The summed E-state index contributed by atoms with van der Waals surface area (Å²) in [7, 11) is 0. The molecule has 0 heterocycles. The van der Waals surface area contributed by atoms with Crippen LogP contribution in [0.5, 0.6) is 0 Å². The highest BCUT2D eigenvalue weighted by atomic mass is 19.2. The fourth-order valence-electron chi connectivity index (χ4n) is 1.48. The first kappa shape index (κ1) is 14.2. The minimum atomic E-state index is -2.19. The first-order chi connectivity index (χ1) is 8.45. The Kier molecular flexibility index (Phi) is 4.48. The van der Waals surface area contributed by atoms with E-state index in [2.05, 4.69) is 0 Å². The Morgan fingerprint density at radius 1 is 0.944 bits per heavy atom. The van der Waals surface area contributed by atoms with E-state index in [-0.39, 0.29) is 19.5 Å². The fourth-order valence-corrected chi connectivity index (χ4v) is 1.48. The zero-order valence-electron chi connectivity index (χ0n) is 9.41. The molecule has 0 bridgehead atoms. The van der Waals surface area contributed by atoms with Crippen LogP contribution in [-0.4, -0.2) is 13.1 Å². The van der Waals surface area contributed by atoms with E-state index >= 15 is 0 Å². The van der Waals surface area contributed by atoms with Crippen molar-refractivity contribution in [1.29, 1.82) is 5.26 Å². The topological polar surface area (TPSA) is 27.0 Å². The highest BCUT2D eigenvalue weighted by molar-refractivity contribution is 5.50. The molecule has 18 heavy (non-hydrogen) atoms. The summed E-state index contributed by atoms with van der Waals surface area (Å²) in [6.07, 6.45) is -0.0899. The molecule has 0 aliphatic carbocycles. The molecule has 98 valence electrons. The van der Waals surface area contributed by atoms with Gasteiger partial charge in [0.1, 0.15) is 5.69 Å². The van der Waals surface area contributed by atoms with E-state index in [0.29, 0.717) is 0 Å². The number of halogens is 5. The van der Waals surface area contributed by atoms with Crippen molar-refractivity contribution >= 4 is 5.69 Å². The average molecular weight is 264 g/mol. The second-order valence-electron chi connectivity index (χ2n) is 3.41. The number of anilines is 1. The SMILES string of the molecule is CCN(CCC#N)c1c(F)c(F)c(F)c(F)c1F. The van der Waals surface area contributed by atoms with Crippen molar-refractivity contribution in [1.82, 2.24) is 0 Å². The molecule has 0 N–H and O–H groups in total. The Balaban J connectivity index is 3.35. The van der Waals surface area contributed by atoms with Gasteiger partial charge < -0.3 is 4.90 Å². The molecular formula is C11H9F5N2. The number of hydrogen-bond acceptors (Lipinski definition) is 2. The summed E-state index contributed by atoms with van der Waals surface area (Å²) in [5.74, 6) is -9.93. The third-order valence-corrected chi connectivity index (χ3v) is 2.38. The number of benzene rings is 1. The van der Waals surface area contributed by atoms with Crippen LogP contribution in [0.4, 0.5) is 27.6 Å². The maximum absolute atomic E-state index is 13.4. The van der Waals surface area contributed by atoms with E-state index in [0.717, 1.165) is 4.90 Å². The summed E-state index contributed by atoms with van der Waals surface area (Å²) in [5.41, 5.74) is -0.996. The van der Waals surface area contributed by atoms with E-state index < -0.39 is 34.8 Å². The molecule has 0 aliphatic heterocycles. The van der Waals surface area contributed by atoms with E-state index in [1.54, 1.807) is 6.07 Å². The summed E-state index contributed by atoms with van der Waals surface area (Å²) in [5, 5.41) is 8.38. The van der Waals surface area contributed by atoms with Crippen LogP contribution in [0, 0.1) is 40.4 Å². The molecule has 0 saturated heterocycles. The molecule has 7 heteroatoms.